The van der Waals surface area contributed by atoms with Crippen molar-refractivity contribution in [1.29, 1.82) is 0 Å². The zero-order valence-corrected chi connectivity index (χ0v) is 16.9. The average Bonchev–Trinajstić information content (AvgIpc) is 2.64. The van der Waals surface area contributed by atoms with E-state index in [0.717, 1.165) is 16.3 Å². The maximum atomic E-state index is 12.4. The number of fused-ring (bicyclic) bond motifs is 1. The van der Waals surface area contributed by atoms with E-state index in [1.54, 1.807) is 19.9 Å². The molecule has 0 aliphatic heterocycles. The van der Waals surface area contributed by atoms with E-state index >= 15 is 0 Å². The number of benzene rings is 2. The third-order valence-corrected chi connectivity index (χ3v) is 5.54. The molecule has 0 fully saturated rings. The fourth-order valence-corrected chi connectivity index (χ4v) is 3.83. The van der Waals surface area contributed by atoms with Gasteiger partial charge in [-0.1, -0.05) is 42.5 Å². The zero-order valence-electron chi connectivity index (χ0n) is 16.0. The smallest absolute Gasteiger partial charge is 0.306 e. The molecule has 0 atom stereocenters. The Balaban J connectivity index is 1.99. The highest BCUT2D eigenvalue weighted by Crippen LogP contribution is 2.49. The summed E-state index contributed by atoms with van der Waals surface area (Å²) in [5.41, 5.74) is 0.957. The van der Waals surface area contributed by atoms with Gasteiger partial charge in [-0.25, -0.2) is 5.06 Å². The summed E-state index contributed by atoms with van der Waals surface area (Å²) >= 11 is 0. The molecule has 2 aromatic carbocycles. The molecule has 0 unspecified atom stereocenters. The van der Waals surface area contributed by atoms with Crippen molar-refractivity contribution in [3.8, 4) is 0 Å². The lowest BCUT2D eigenvalue weighted by Crippen LogP contribution is -2.29. The van der Waals surface area contributed by atoms with E-state index in [1.807, 2.05) is 42.5 Å². The Morgan fingerprint density at radius 3 is 2.37 bits per heavy atom. The van der Waals surface area contributed by atoms with Gasteiger partial charge in [-0.3, -0.25) is 14.2 Å². The molecule has 0 saturated carbocycles. The van der Waals surface area contributed by atoms with Crippen molar-refractivity contribution in [2.75, 3.05) is 19.8 Å². The van der Waals surface area contributed by atoms with Gasteiger partial charge in [0.1, 0.15) is 6.61 Å². The van der Waals surface area contributed by atoms with Gasteiger partial charge < -0.3 is 9.05 Å². The van der Waals surface area contributed by atoms with Gasteiger partial charge in [-0.2, -0.15) is 0 Å². The molecule has 0 radical (unpaired) electrons. The Bertz CT molecular complexity index is 826. The number of hydrogen-bond donors (Lipinski definition) is 0. The minimum Gasteiger partial charge on any atom is -0.306 e. The van der Waals surface area contributed by atoms with Crippen LogP contribution in [0.15, 0.2) is 54.4 Å². The summed E-state index contributed by atoms with van der Waals surface area (Å²) < 4.78 is 22.8. The second-order valence-corrected chi connectivity index (χ2v) is 7.69. The van der Waals surface area contributed by atoms with Gasteiger partial charge in [0.05, 0.1) is 19.8 Å². The topological polar surface area (TPSA) is 65.1 Å². The van der Waals surface area contributed by atoms with Crippen LogP contribution in [0.1, 0.15) is 26.3 Å². The number of rotatable bonds is 10. The first-order valence-electron chi connectivity index (χ1n) is 8.92. The third-order valence-electron chi connectivity index (χ3n) is 3.73. The molecule has 0 aliphatic carbocycles. The van der Waals surface area contributed by atoms with Gasteiger partial charge in [0, 0.05) is 12.7 Å². The van der Waals surface area contributed by atoms with Crippen molar-refractivity contribution < 1.29 is 23.2 Å². The van der Waals surface area contributed by atoms with Crippen molar-refractivity contribution in [2.24, 2.45) is 0 Å². The number of hydrogen-bond acceptors (Lipinski definition) is 5. The molecule has 0 aromatic heterocycles. The number of carbonyl (C=O) groups is 1. The summed E-state index contributed by atoms with van der Waals surface area (Å²) in [5.74, 6) is 1.12. The predicted molar refractivity (Wildman–Crippen MR) is 106 cm³/mol. The second kappa shape index (κ2) is 10.4. The standard InChI is InChI=1S/C20H26NO5P/c1-4-25-27(23,26-5-2)14-8-13-21(17(3)22)24-16-18-11-12-19-9-6-7-10-20(19)15-18/h6-12,14-15H,4-5,13,16H2,1-3H3/b14-8+. The van der Waals surface area contributed by atoms with Crippen LogP contribution in [0.5, 0.6) is 0 Å². The molecular formula is C20H26NO5P. The van der Waals surface area contributed by atoms with Crippen molar-refractivity contribution in [2.45, 2.75) is 27.4 Å². The Hall–Kier alpha value is -1.98. The van der Waals surface area contributed by atoms with Gasteiger partial charge in [-0.05, 0) is 36.2 Å². The molecule has 0 aliphatic rings. The van der Waals surface area contributed by atoms with Gasteiger partial charge in [0.25, 0.3) is 0 Å². The average molecular weight is 391 g/mol. The zero-order chi connectivity index (χ0) is 19.7. The monoisotopic (exact) mass is 391 g/mol. The molecule has 1 amide bonds. The first kappa shape index (κ1) is 21.3. The number of amides is 1. The van der Waals surface area contributed by atoms with Crippen LogP contribution in [-0.4, -0.2) is 30.7 Å². The lowest BCUT2D eigenvalue weighted by Gasteiger charge is -2.19. The van der Waals surface area contributed by atoms with Crippen LogP contribution in [0.4, 0.5) is 0 Å². The first-order valence-corrected chi connectivity index (χ1v) is 10.5. The second-order valence-electron chi connectivity index (χ2n) is 5.80. The van der Waals surface area contributed by atoms with E-state index in [9.17, 15) is 9.36 Å². The van der Waals surface area contributed by atoms with E-state index in [1.165, 1.54) is 17.8 Å². The molecule has 146 valence electrons. The van der Waals surface area contributed by atoms with Crippen molar-refractivity contribution in [3.05, 3.63) is 59.9 Å². The SMILES string of the molecule is CCOP(=O)(/C=C/CN(OCc1ccc2ccccc2c1)C(C)=O)OCC. The van der Waals surface area contributed by atoms with Crippen LogP contribution in [0.25, 0.3) is 10.8 Å². The van der Waals surface area contributed by atoms with Gasteiger partial charge in [-0.15, -0.1) is 0 Å². The summed E-state index contributed by atoms with van der Waals surface area (Å²) in [6.45, 7) is 5.86. The van der Waals surface area contributed by atoms with Gasteiger partial charge >= 0.3 is 7.60 Å². The highest BCUT2D eigenvalue weighted by molar-refractivity contribution is 7.57. The molecule has 0 bridgehead atoms. The molecule has 0 N–H and O–H groups in total. The molecule has 0 saturated heterocycles. The van der Waals surface area contributed by atoms with Crippen LogP contribution in [0.3, 0.4) is 0 Å². The van der Waals surface area contributed by atoms with Crippen LogP contribution in [-0.2, 0) is 29.9 Å². The lowest BCUT2D eigenvalue weighted by atomic mass is 10.1. The Morgan fingerprint density at radius 1 is 1.07 bits per heavy atom. The lowest BCUT2D eigenvalue weighted by molar-refractivity contribution is -0.185. The molecule has 0 spiro atoms. The van der Waals surface area contributed by atoms with E-state index in [4.69, 9.17) is 13.9 Å². The summed E-state index contributed by atoms with van der Waals surface area (Å²) in [5, 5.41) is 3.48. The Morgan fingerprint density at radius 2 is 1.74 bits per heavy atom. The molecule has 7 heteroatoms. The van der Waals surface area contributed by atoms with E-state index < -0.39 is 7.60 Å². The van der Waals surface area contributed by atoms with Crippen LogP contribution >= 0.6 is 7.60 Å². The maximum Gasteiger partial charge on any atom is 0.353 e. The van der Waals surface area contributed by atoms with Crippen LogP contribution in [0, 0.1) is 0 Å². The van der Waals surface area contributed by atoms with E-state index in [2.05, 4.69) is 0 Å². The molecule has 6 nitrogen and oxygen atoms in total. The fraction of sp³-hybridized carbons (Fsp3) is 0.350. The molecule has 2 aromatic rings. The highest BCUT2D eigenvalue weighted by atomic mass is 31.2. The van der Waals surface area contributed by atoms with E-state index in [0.29, 0.717) is 0 Å². The third kappa shape index (κ3) is 6.60. The summed E-state index contributed by atoms with van der Waals surface area (Å²) in [7, 11) is -3.28. The largest absolute Gasteiger partial charge is 0.353 e. The van der Waals surface area contributed by atoms with Crippen molar-refractivity contribution >= 4 is 24.3 Å². The van der Waals surface area contributed by atoms with Crippen molar-refractivity contribution in [3.63, 3.8) is 0 Å². The quantitative estimate of drug-likeness (QED) is 0.426. The highest BCUT2D eigenvalue weighted by Gasteiger charge is 2.19. The maximum absolute atomic E-state index is 12.4. The summed E-state index contributed by atoms with van der Waals surface area (Å²) in [4.78, 5) is 17.5. The predicted octanol–water partition coefficient (Wildman–Crippen LogP) is 4.90. The number of nitrogens with zero attached hydrogens (tertiary/aromatic N) is 1. The Kier molecular flexibility index (Phi) is 8.20. The summed E-state index contributed by atoms with van der Waals surface area (Å²) in [6, 6.07) is 14.1. The van der Waals surface area contributed by atoms with Crippen molar-refractivity contribution in [1.82, 2.24) is 5.06 Å². The minimum atomic E-state index is -3.28. The minimum absolute atomic E-state index is 0.146. The molecule has 27 heavy (non-hydrogen) atoms. The van der Waals surface area contributed by atoms with Gasteiger partial charge in [0.2, 0.25) is 5.91 Å². The van der Waals surface area contributed by atoms with E-state index in [-0.39, 0.29) is 32.3 Å². The first-order chi connectivity index (χ1) is 13.0. The van der Waals surface area contributed by atoms with Crippen LogP contribution < -0.4 is 0 Å². The fourth-order valence-electron chi connectivity index (χ4n) is 2.51. The molecule has 2 rings (SSSR count). The molecular weight excluding hydrogens is 365 g/mol. The summed E-state index contributed by atoms with van der Waals surface area (Å²) in [6.07, 6.45) is 1.56. The van der Waals surface area contributed by atoms with Crippen LogP contribution in [0.2, 0.25) is 0 Å². The van der Waals surface area contributed by atoms with Gasteiger partial charge in [0.15, 0.2) is 0 Å². The number of carbonyl (C=O) groups excluding carboxylic acids is 1. The number of hydroxylamine groups is 2. The molecule has 0 heterocycles. The normalized spacial score (nSPS) is 12.0. The Labute approximate surface area is 160 Å².